The molecule has 2 heterocycles. The third-order valence-corrected chi connectivity index (χ3v) is 17.2. The first kappa shape index (κ1) is 40.4. The number of rotatable bonds is 8. The number of para-hydroxylation sites is 4. The Hall–Kier alpha value is -8.40. The molecule has 0 fully saturated rings. The maximum Gasteiger partial charge on any atom is 0.196 e. The van der Waals surface area contributed by atoms with E-state index in [0.29, 0.717) is 22.5 Å². The number of anilines is 6. The summed E-state index contributed by atoms with van der Waals surface area (Å²) in [6.07, 6.45) is 0. The van der Waals surface area contributed by atoms with Crippen molar-refractivity contribution in [3.8, 4) is 12.1 Å². The fraction of sp³-hybridized carbons (Fsp3) is 0. The van der Waals surface area contributed by atoms with Crippen molar-refractivity contribution in [2.24, 2.45) is 0 Å². The Kier molecular flexibility index (Phi) is 10.2. The van der Waals surface area contributed by atoms with Gasteiger partial charge in [0.2, 0.25) is 0 Å². The van der Waals surface area contributed by atoms with Crippen molar-refractivity contribution < 1.29 is 9.59 Å². The van der Waals surface area contributed by atoms with Crippen LogP contribution < -0.4 is 9.80 Å². The third kappa shape index (κ3) is 6.19. The van der Waals surface area contributed by atoms with Crippen LogP contribution in [0.3, 0.4) is 0 Å². The van der Waals surface area contributed by atoms with Crippen LogP contribution in [0.4, 0.5) is 34.1 Å². The lowest BCUT2D eigenvalue weighted by molar-refractivity contribution is 0.103. The molecule has 6 nitrogen and oxygen atoms in total. The highest BCUT2D eigenvalue weighted by atomic mass is 32.3. The van der Waals surface area contributed by atoms with E-state index in [1.807, 2.05) is 119 Å². The van der Waals surface area contributed by atoms with Crippen molar-refractivity contribution in [2.45, 2.75) is 29.4 Å². The number of ketones is 2. The summed E-state index contributed by atoms with van der Waals surface area (Å²) < 4.78 is 0. The summed E-state index contributed by atoms with van der Waals surface area (Å²) in [7, 11) is -2.24. The Morgan fingerprint density at radius 1 is 0.394 bits per heavy atom. The van der Waals surface area contributed by atoms with E-state index in [2.05, 4.69) is 72.8 Å². The van der Waals surface area contributed by atoms with Gasteiger partial charge in [-0.2, -0.15) is 10.5 Å². The highest BCUT2D eigenvalue weighted by Crippen LogP contribution is 2.79. The van der Waals surface area contributed by atoms with E-state index in [4.69, 9.17) is 0 Å². The van der Waals surface area contributed by atoms with E-state index in [1.165, 1.54) is 0 Å². The molecule has 0 saturated heterocycles. The van der Waals surface area contributed by atoms with Gasteiger partial charge >= 0.3 is 0 Å². The maximum absolute atomic E-state index is 15.8. The van der Waals surface area contributed by atoms with Crippen LogP contribution >= 0.6 is 21.8 Å². The summed E-state index contributed by atoms with van der Waals surface area (Å²) in [6, 6.07) is 75.6. The van der Waals surface area contributed by atoms with Gasteiger partial charge in [-0.3, -0.25) is 9.59 Å². The van der Waals surface area contributed by atoms with Crippen LogP contribution in [0.15, 0.2) is 248 Å². The summed E-state index contributed by atoms with van der Waals surface area (Å²) in [5.74, 6) is -0.925. The molecule has 0 unspecified atom stereocenters. The predicted octanol–water partition coefficient (Wildman–Crippen LogP) is 15.0. The fourth-order valence-corrected chi connectivity index (χ4v) is 14.7. The first-order chi connectivity index (χ1) is 32.6. The van der Waals surface area contributed by atoms with Crippen molar-refractivity contribution >= 4 is 67.5 Å². The molecular weight excluding hydrogens is 849 g/mol. The molecule has 2 aliphatic heterocycles. The molecule has 0 N–H and O–H groups in total. The molecule has 0 spiro atoms. The lowest BCUT2D eigenvalue weighted by Gasteiger charge is -2.50. The Bertz CT molecular complexity index is 3250. The number of nitrogens with zero attached hydrogens (tertiary/aromatic N) is 4. The summed E-state index contributed by atoms with van der Waals surface area (Å²) in [4.78, 5) is 41.5. The minimum atomic E-state index is -2.24. The van der Waals surface area contributed by atoms with Crippen LogP contribution in [0, 0.1) is 22.7 Å². The second-order valence-corrected chi connectivity index (χ2v) is 19.8. The van der Waals surface area contributed by atoms with Crippen LogP contribution in [-0.2, 0) is 0 Å². The van der Waals surface area contributed by atoms with E-state index >= 15 is 9.59 Å². The zero-order valence-electron chi connectivity index (χ0n) is 35.2. The van der Waals surface area contributed by atoms with E-state index in [0.717, 1.165) is 40.7 Å². The monoisotopic (exact) mass is 884 g/mol. The van der Waals surface area contributed by atoms with E-state index in [1.54, 1.807) is 60.3 Å². The smallest absolute Gasteiger partial charge is 0.196 e. The molecule has 0 aliphatic carbocycles. The summed E-state index contributed by atoms with van der Waals surface area (Å²) >= 11 is 1.58. The van der Waals surface area contributed by atoms with Crippen LogP contribution in [0.1, 0.15) is 43.0 Å². The van der Waals surface area contributed by atoms with Gasteiger partial charge in [0.05, 0.1) is 56.4 Å². The molecule has 8 heteroatoms. The molecule has 0 bridgehead atoms. The van der Waals surface area contributed by atoms with Gasteiger partial charge in [0.1, 0.15) is 12.1 Å². The van der Waals surface area contributed by atoms with Gasteiger partial charge in [0.25, 0.3) is 0 Å². The zero-order chi connectivity index (χ0) is 44.8. The Labute approximate surface area is 388 Å². The first-order valence-electron chi connectivity index (χ1n) is 21.4. The summed E-state index contributed by atoms with van der Waals surface area (Å²) in [5, 5.41) is 23.8. The van der Waals surface area contributed by atoms with Crippen molar-refractivity contribution in [1.82, 2.24) is 0 Å². The van der Waals surface area contributed by atoms with Gasteiger partial charge in [-0.25, -0.2) is 0 Å². The zero-order valence-corrected chi connectivity index (χ0v) is 36.8. The van der Waals surface area contributed by atoms with Gasteiger partial charge in [0, 0.05) is 40.5 Å². The molecule has 2 aliphatic rings. The summed E-state index contributed by atoms with van der Waals surface area (Å²) in [5.41, 5.74) is 3.81. The molecule has 0 amide bonds. The SMILES string of the molecule is N#Cc1c(C(=O)c2ccccc2)c(N2c3ccccc3Sc3ccccc32)c(C(=O)c2ccccc2)c(C#N)c1N1c2ccccc2S(c2ccccc2)(c2ccccc2)c2ccccc21. The lowest BCUT2D eigenvalue weighted by Crippen LogP contribution is -2.28. The maximum atomic E-state index is 15.8. The number of carbonyl (C=O) groups excluding carboxylic acids is 2. The average molecular weight is 885 g/mol. The van der Waals surface area contributed by atoms with E-state index in [-0.39, 0.29) is 33.6 Å². The fourth-order valence-electron chi connectivity index (χ4n) is 9.43. The molecule has 0 saturated carbocycles. The number of nitriles is 2. The largest absolute Gasteiger partial charge is 0.307 e. The van der Waals surface area contributed by atoms with Gasteiger partial charge in [-0.1, -0.05) is 157 Å². The second-order valence-electron chi connectivity index (χ2n) is 15.7. The number of hydrogen-bond acceptors (Lipinski definition) is 7. The lowest BCUT2D eigenvalue weighted by atomic mass is 9.84. The standard InChI is InChI=1S/C58H36N4O2S2/c59-37-43-53(57(63)39-21-5-1-6-22-39)56(61-45-29-13-17-33-49(45)65-50-34-18-14-30-46(50)61)54(58(64)40-23-7-2-8-24-40)44(38-60)55(43)62-47-31-15-19-35-51(47)66(41-25-9-3-10-26-41,42-27-11-4-12-28-42)52-36-20-16-32-48(52)62/h1-36H. The van der Waals surface area contributed by atoms with Crippen LogP contribution in [0.25, 0.3) is 0 Å². The highest BCUT2D eigenvalue weighted by Gasteiger charge is 2.46. The van der Waals surface area contributed by atoms with Crippen molar-refractivity contribution in [3.05, 3.63) is 252 Å². The minimum Gasteiger partial charge on any atom is -0.307 e. The second kappa shape index (κ2) is 16.6. The molecule has 9 aromatic rings. The van der Waals surface area contributed by atoms with E-state index in [9.17, 15) is 10.5 Å². The number of hydrogen-bond donors (Lipinski definition) is 0. The average Bonchev–Trinajstić information content (AvgIpc) is 3.39. The quantitative estimate of drug-likeness (QED) is 0.140. The molecule has 0 radical (unpaired) electrons. The van der Waals surface area contributed by atoms with Crippen LogP contribution in [0.2, 0.25) is 0 Å². The molecular formula is C58H36N4O2S2. The minimum absolute atomic E-state index is 0.0127. The molecule has 66 heavy (non-hydrogen) atoms. The van der Waals surface area contributed by atoms with Crippen LogP contribution in [0.5, 0.6) is 0 Å². The Balaban J connectivity index is 1.34. The number of fused-ring (bicyclic) bond motifs is 4. The normalized spacial score (nSPS) is 13.4. The van der Waals surface area contributed by atoms with Crippen LogP contribution in [-0.4, -0.2) is 11.6 Å². The Morgan fingerprint density at radius 3 is 1.14 bits per heavy atom. The van der Waals surface area contributed by atoms with Gasteiger partial charge < -0.3 is 9.80 Å². The molecule has 312 valence electrons. The number of carbonyl (C=O) groups is 2. The van der Waals surface area contributed by atoms with Crippen molar-refractivity contribution in [2.75, 3.05) is 9.80 Å². The van der Waals surface area contributed by atoms with Gasteiger partial charge in [0.15, 0.2) is 11.6 Å². The molecule has 0 atom stereocenters. The highest BCUT2D eigenvalue weighted by molar-refractivity contribution is 8.34. The van der Waals surface area contributed by atoms with Crippen molar-refractivity contribution in [1.29, 1.82) is 10.5 Å². The molecule has 9 aromatic carbocycles. The van der Waals surface area contributed by atoms with Crippen molar-refractivity contribution in [3.63, 3.8) is 0 Å². The first-order valence-corrected chi connectivity index (χ1v) is 23.8. The number of benzene rings is 9. The topological polar surface area (TPSA) is 88.2 Å². The van der Waals surface area contributed by atoms with Gasteiger partial charge in [-0.05, 0) is 72.8 Å². The third-order valence-electron chi connectivity index (χ3n) is 12.1. The van der Waals surface area contributed by atoms with E-state index < -0.39 is 21.6 Å². The molecule has 0 aromatic heterocycles. The van der Waals surface area contributed by atoms with Gasteiger partial charge in [-0.15, -0.1) is 10.0 Å². The molecule has 11 rings (SSSR count). The Morgan fingerprint density at radius 2 is 0.727 bits per heavy atom. The predicted molar refractivity (Wildman–Crippen MR) is 263 cm³/mol. The summed E-state index contributed by atoms with van der Waals surface area (Å²) in [6.45, 7) is 0.